The van der Waals surface area contributed by atoms with Gasteiger partial charge in [-0.05, 0) is 110 Å². The van der Waals surface area contributed by atoms with Crippen molar-refractivity contribution in [2.75, 3.05) is 19.6 Å². The van der Waals surface area contributed by atoms with Crippen molar-refractivity contribution in [1.29, 1.82) is 0 Å². The molecule has 0 spiro atoms. The molecule has 2 aromatic heterocycles. The van der Waals surface area contributed by atoms with Crippen molar-refractivity contribution in [3.63, 3.8) is 0 Å². The van der Waals surface area contributed by atoms with Crippen LogP contribution in [0.5, 0.6) is 0 Å². The van der Waals surface area contributed by atoms with E-state index < -0.39 is 23.6 Å². The molecule has 0 N–H and O–H groups in total. The molecule has 2 aliphatic heterocycles. The highest BCUT2D eigenvalue weighted by atomic mass is 19.1. The molecule has 3 fully saturated rings. The number of carbonyl (C=O) groups is 4. The number of rotatable bonds is 7. The van der Waals surface area contributed by atoms with Gasteiger partial charge >= 0.3 is 6.09 Å². The van der Waals surface area contributed by atoms with Gasteiger partial charge in [0.2, 0.25) is 5.91 Å². The van der Waals surface area contributed by atoms with Gasteiger partial charge in [0.15, 0.2) is 5.78 Å². The van der Waals surface area contributed by atoms with Crippen molar-refractivity contribution in [2.24, 2.45) is 17.8 Å². The number of pyridine rings is 1. The summed E-state index contributed by atoms with van der Waals surface area (Å²) in [6.45, 7) is 14.6. The van der Waals surface area contributed by atoms with Crippen molar-refractivity contribution in [1.82, 2.24) is 24.3 Å². The molecule has 0 bridgehead atoms. The summed E-state index contributed by atoms with van der Waals surface area (Å²) in [5, 5.41) is 0.696. The predicted molar refractivity (Wildman–Crippen MR) is 189 cm³/mol. The van der Waals surface area contributed by atoms with Crippen molar-refractivity contribution in [3.05, 3.63) is 59.8 Å². The molecular weight excluding hydrogens is 637 g/mol. The molecule has 10 nitrogen and oxygen atoms in total. The first-order valence-corrected chi connectivity index (χ1v) is 18.1. The summed E-state index contributed by atoms with van der Waals surface area (Å²) < 4.78 is 22.1. The maximum Gasteiger partial charge on any atom is 0.410 e. The Labute approximate surface area is 293 Å². The first-order valence-electron chi connectivity index (χ1n) is 18.1. The molecule has 1 aromatic carbocycles. The number of hydrogen-bond donors (Lipinski definition) is 0. The van der Waals surface area contributed by atoms with E-state index in [0.717, 1.165) is 19.3 Å². The third-order valence-corrected chi connectivity index (χ3v) is 10.6. The quantitative estimate of drug-likeness (QED) is 0.251. The van der Waals surface area contributed by atoms with Crippen LogP contribution in [-0.4, -0.2) is 91.3 Å². The van der Waals surface area contributed by atoms with Gasteiger partial charge in [-0.25, -0.2) is 9.18 Å². The molecule has 11 heteroatoms. The van der Waals surface area contributed by atoms with Crippen molar-refractivity contribution in [3.8, 4) is 5.69 Å². The van der Waals surface area contributed by atoms with Gasteiger partial charge in [0.25, 0.3) is 5.91 Å². The van der Waals surface area contributed by atoms with Crippen LogP contribution in [0.15, 0.2) is 42.9 Å². The number of likely N-dealkylation sites (tertiary alicyclic amines) is 2. The van der Waals surface area contributed by atoms with Gasteiger partial charge in [-0.15, -0.1) is 0 Å². The van der Waals surface area contributed by atoms with E-state index in [0.29, 0.717) is 60.5 Å². The molecule has 1 saturated carbocycles. The summed E-state index contributed by atoms with van der Waals surface area (Å²) in [6.07, 6.45) is 8.56. The molecule has 3 aromatic rings. The number of Topliss-reactive ketones (excluding diaryl/α,β-unsaturated/α-hetero) is 1. The van der Waals surface area contributed by atoms with E-state index in [-0.39, 0.29) is 47.1 Å². The SMILES string of the molecule is CC(C)N(C(=O)c1cc(F)ccc1-n1cc(C(=O)C2CCN(C(=O)[C@@H]3[C@H]4CCC[C@H]4CN3C(=O)OC(C)(C)C)CC2)c2ccncc21)C(C)C. The predicted octanol–water partition coefficient (Wildman–Crippen LogP) is 6.88. The third-order valence-electron chi connectivity index (χ3n) is 10.6. The lowest BCUT2D eigenvalue weighted by Gasteiger charge is -2.36. The number of carbonyl (C=O) groups excluding carboxylic acids is 4. The molecule has 0 radical (unpaired) electrons. The first-order chi connectivity index (χ1) is 23.7. The van der Waals surface area contributed by atoms with Crippen LogP contribution < -0.4 is 0 Å². The molecule has 0 unspecified atom stereocenters. The fourth-order valence-corrected chi connectivity index (χ4v) is 8.46. The lowest BCUT2D eigenvalue weighted by Crippen LogP contribution is -2.53. The van der Waals surface area contributed by atoms with Crippen LogP contribution in [0.4, 0.5) is 9.18 Å². The zero-order valence-electron chi connectivity index (χ0n) is 30.3. The number of ether oxygens (including phenoxy) is 1. The highest BCUT2D eigenvalue weighted by Crippen LogP contribution is 2.44. The fourth-order valence-electron chi connectivity index (χ4n) is 8.46. The van der Waals surface area contributed by atoms with Crippen LogP contribution in [0.3, 0.4) is 0 Å². The molecule has 2 saturated heterocycles. The summed E-state index contributed by atoms with van der Waals surface area (Å²) >= 11 is 0. The van der Waals surface area contributed by atoms with Crippen molar-refractivity contribution in [2.45, 2.75) is 104 Å². The van der Waals surface area contributed by atoms with E-state index in [1.165, 1.54) is 12.1 Å². The summed E-state index contributed by atoms with van der Waals surface area (Å²) in [5.41, 5.74) is 1.16. The highest BCUT2D eigenvalue weighted by Gasteiger charge is 2.51. The summed E-state index contributed by atoms with van der Waals surface area (Å²) in [4.78, 5) is 64.9. The average Bonchev–Trinajstić information content (AvgIpc) is 3.77. The maximum absolute atomic E-state index is 14.7. The number of hydrogen-bond acceptors (Lipinski definition) is 6. The molecule has 268 valence electrons. The van der Waals surface area contributed by atoms with Gasteiger partial charge in [-0.2, -0.15) is 0 Å². The standard InChI is InChI=1S/C39H50FN5O5/c1-23(2)45(24(3)4)36(47)30-19-27(40)11-12-32(30)43-22-31(29-13-16-41-20-33(29)43)35(46)25-14-17-42(18-15-25)37(48)34-28-10-8-9-26(28)21-44(34)38(49)50-39(5,6)7/h11-13,16,19-20,22-26,28,34H,8-10,14-15,17-18,21H2,1-7H3/t26-,28-,34-/m0/s1. The Morgan fingerprint density at radius 1 is 0.960 bits per heavy atom. The summed E-state index contributed by atoms with van der Waals surface area (Å²) in [5.74, 6) is -0.792. The van der Waals surface area contributed by atoms with Crippen LogP contribution in [0.25, 0.3) is 16.6 Å². The number of amides is 3. The zero-order valence-corrected chi connectivity index (χ0v) is 30.3. The minimum Gasteiger partial charge on any atom is -0.444 e. The largest absolute Gasteiger partial charge is 0.444 e. The lowest BCUT2D eigenvalue weighted by molar-refractivity contribution is -0.138. The summed E-state index contributed by atoms with van der Waals surface area (Å²) in [6, 6.07) is 5.19. The number of piperidine rings is 1. The third kappa shape index (κ3) is 6.75. The number of nitrogens with zero attached hydrogens (tertiary/aromatic N) is 5. The Hall–Kier alpha value is -4.28. The molecule has 3 amide bonds. The first kappa shape index (κ1) is 35.5. The van der Waals surface area contributed by atoms with Gasteiger partial charge in [0.05, 0.1) is 23.0 Å². The number of halogens is 1. The van der Waals surface area contributed by atoms with Gasteiger partial charge < -0.3 is 19.1 Å². The van der Waals surface area contributed by atoms with Gasteiger partial charge in [0.1, 0.15) is 17.5 Å². The van der Waals surface area contributed by atoms with Crippen LogP contribution in [0.2, 0.25) is 0 Å². The molecule has 1 aliphatic carbocycles. The minimum absolute atomic E-state index is 0.0415. The zero-order chi connectivity index (χ0) is 36.1. The van der Waals surface area contributed by atoms with Crippen LogP contribution in [0.1, 0.15) is 101 Å². The molecule has 6 rings (SSSR count). The number of aromatic nitrogens is 2. The average molecular weight is 688 g/mol. The Morgan fingerprint density at radius 3 is 2.32 bits per heavy atom. The highest BCUT2D eigenvalue weighted by molar-refractivity contribution is 6.10. The Bertz CT molecular complexity index is 1780. The number of benzene rings is 1. The van der Waals surface area contributed by atoms with E-state index in [4.69, 9.17) is 4.74 Å². The fraction of sp³-hybridized carbons (Fsp3) is 0.564. The van der Waals surface area contributed by atoms with Gasteiger partial charge in [-0.1, -0.05) is 6.42 Å². The second-order valence-electron chi connectivity index (χ2n) is 15.8. The Balaban J connectivity index is 1.23. The Kier molecular flexibility index (Phi) is 9.81. The van der Waals surface area contributed by atoms with Gasteiger partial charge in [-0.3, -0.25) is 24.3 Å². The lowest BCUT2D eigenvalue weighted by atomic mass is 9.87. The minimum atomic E-state index is -0.656. The van der Waals surface area contributed by atoms with Gasteiger partial charge in [0, 0.05) is 61.0 Å². The number of fused-ring (bicyclic) bond motifs is 2. The van der Waals surface area contributed by atoms with Crippen LogP contribution >= 0.6 is 0 Å². The smallest absolute Gasteiger partial charge is 0.410 e. The number of ketones is 1. The van der Waals surface area contributed by atoms with Crippen molar-refractivity contribution < 1.29 is 28.3 Å². The monoisotopic (exact) mass is 687 g/mol. The topological polar surface area (TPSA) is 105 Å². The van der Waals surface area contributed by atoms with E-state index in [1.807, 2.05) is 53.4 Å². The van der Waals surface area contributed by atoms with E-state index in [9.17, 15) is 23.6 Å². The molecule has 50 heavy (non-hydrogen) atoms. The van der Waals surface area contributed by atoms with E-state index in [1.54, 1.807) is 45.1 Å². The van der Waals surface area contributed by atoms with Crippen LogP contribution in [-0.2, 0) is 9.53 Å². The Morgan fingerprint density at radius 2 is 1.66 bits per heavy atom. The summed E-state index contributed by atoms with van der Waals surface area (Å²) in [7, 11) is 0. The van der Waals surface area contributed by atoms with Crippen molar-refractivity contribution >= 4 is 34.6 Å². The molecule has 3 atom stereocenters. The normalized spacial score (nSPS) is 21.3. The van der Waals surface area contributed by atoms with E-state index in [2.05, 4.69) is 4.98 Å². The molecular formula is C39H50FN5O5. The second kappa shape index (κ2) is 13.8. The van der Waals surface area contributed by atoms with E-state index >= 15 is 0 Å². The molecule has 4 heterocycles. The second-order valence-corrected chi connectivity index (χ2v) is 15.8. The maximum atomic E-state index is 14.7. The molecule has 3 aliphatic rings. The van der Waals surface area contributed by atoms with Crippen LogP contribution in [0, 0.1) is 23.6 Å².